The summed E-state index contributed by atoms with van der Waals surface area (Å²) in [5.74, 6) is 0. The zero-order chi connectivity index (χ0) is 16.4. The lowest BCUT2D eigenvalue weighted by molar-refractivity contribution is 0.181. The van der Waals surface area contributed by atoms with Crippen molar-refractivity contribution in [3.63, 3.8) is 0 Å². The Hall–Kier alpha value is -1.28. The molecule has 1 saturated heterocycles. The van der Waals surface area contributed by atoms with Crippen molar-refractivity contribution in [2.45, 2.75) is 13.5 Å². The van der Waals surface area contributed by atoms with Crippen LogP contribution in [0.1, 0.15) is 11.3 Å². The summed E-state index contributed by atoms with van der Waals surface area (Å²) in [6.07, 6.45) is 1.28. The second kappa shape index (κ2) is 6.68. The van der Waals surface area contributed by atoms with Crippen LogP contribution in [0.2, 0.25) is 0 Å². The fraction of sp³-hybridized carbons (Fsp3) is 0.438. The van der Waals surface area contributed by atoms with E-state index in [-0.39, 0.29) is 0 Å². The minimum absolute atomic E-state index is 0.563. The van der Waals surface area contributed by atoms with Crippen molar-refractivity contribution in [2.24, 2.45) is 0 Å². The molecule has 2 aromatic rings. The number of hydrogen-bond donors (Lipinski definition) is 0. The normalized spacial score (nSPS) is 17.5. The van der Waals surface area contributed by atoms with Crippen LogP contribution in [-0.4, -0.2) is 55.0 Å². The smallest absolute Gasteiger partial charge is 0.211 e. The topological polar surface area (TPSA) is 53.5 Å². The highest BCUT2D eigenvalue weighted by atomic mass is 32.2. The van der Waals surface area contributed by atoms with Gasteiger partial charge in [-0.05, 0) is 12.5 Å². The molecule has 1 aliphatic heterocycles. The lowest BCUT2D eigenvalue weighted by atomic mass is 10.1. The third kappa shape index (κ3) is 3.98. The number of piperazine rings is 1. The van der Waals surface area contributed by atoms with Crippen molar-refractivity contribution in [2.75, 3.05) is 32.4 Å². The second-order valence-corrected chi connectivity index (χ2v) is 8.74. The van der Waals surface area contributed by atoms with Crippen LogP contribution in [0, 0.1) is 6.92 Å². The number of rotatable bonds is 4. The molecular weight excluding hydrogens is 330 g/mol. The molecule has 0 radical (unpaired) electrons. The summed E-state index contributed by atoms with van der Waals surface area (Å²) in [6.45, 7) is 5.51. The van der Waals surface area contributed by atoms with Crippen molar-refractivity contribution in [3.05, 3.63) is 40.9 Å². The summed E-state index contributed by atoms with van der Waals surface area (Å²) in [6, 6.07) is 8.27. The molecule has 0 unspecified atom stereocenters. The summed E-state index contributed by atoms with van der Waals surface area (Å²) in [5, 5.41) is 3.15. The van der Waals surface area contributed by atoms with E-state index in [4.69, 9.17) is 4.98 Å². The fourth-order valence-corrected chi connectivity index (χ4v) is 4.49. The van der Waals surface area contributed by atoms with Gasteiger partial charge in [0.2, 0.25) is 10.0 Å². The van der Waals surface area contributed by atoms with Crippen LogP contribution < -0.4 is 0 Å². The van der Waals surface area contributed by atoms with Gasteiger partial charge in [0.15, 0.2) is 0 Å². The molecule has 0 aliphatic carbocycles. The van der Waals surface area contributed by atoms with E-state index in [0.717, 1.165) is 30.3 Å². The molecule has 1 fully saturated rings. The zero-order valence-electron chi connectivity index (χ0n) is 13.4. The van der Waals surface area contributed by atoms with Gasteiger partial charge in [-0.1, -0.05) is 24.3 Å². The molecule has 23 heavy (non-hydrogen) atoms. The van der Waals surface area contributed by atoms with Gasteiger partial charge >= 0.3 is 0 Å². The molecule has 0 N–H and O–H groups in total. The Morgan fingerprint density at radius 3 is 2.52 bits per heavy atom. The first-order valence-electron chi connectivity index (χ1n) is 7.61. The van der Waals surface area contributed by atoms with Crippen molar-refractivity contribution in [1.29, 1.82) is 0 Å². The molecule has 124 valence electrons. The van der Waals surface area contributed by atoms with E-state index >= 15 is 0 Å². The van der Waals surface area contributed by atoms with E-state index in [0.29, 0.717) is 13.1 Å². The van der Waals surface area contributed by atoms with Gasteiger partial charge in [0.1, 0.15) is 5.01 Å². The van der Waals surface area contributed by atoms with Gasteiger partial charge in [-0.2, -0.15) is 4.31 Å². The summed E-state index contributed by atoms with van der Waals surface area (Å²) in [7, 11) is -3.07. The van der Waals surface area contributed by atoms with E-state index in [2.05, 4.69) is 29.3 Å². The predicted octanol–water partition coefficient (Wildman–Crippen LogP) is 2.20. The Bertz CT molecular complexity index is 778. The molecule has 0 bridgehead atoms. The minimum Gasteiger partial charge on any atom is -0.295 e. The van der Waals surface area contributed by atoms with Gasteiger partial charge in [-0.15, -0.1) is 11.3 Å². The van der Waals surface area contributed by atoms with E-state index in [1.807, 2.05) is 12.1 Å². The van der Waals surface area contributed by atoms with Gasteiger partial charge in [-0.3, -0.25) is 4.90 Å². The number of aryl methyl sites for hydroxylation is 1. The third-order valence-electron chi connectivity index (χ3n) is 4.11. The maximum atomic E-state index is 11.5. The standard InChI is InChI=1S/C16H21N3O2S2/c1-13-5-3-4-6-15(13)16-17-14(12-22-16)11-18-7-9-19(10-8-18)23(2,20)21/h3-6,12H,7-11H2,1-2H3. The lowest BCUT2D eigenvalue weighted by Crippen LogP contribution is -2.47. The molecular formula is C16H21N3O2S2. The first kappa shape index (κ1) is 16.6. The molecule has 0 atom stereocenters. The third-order valence-corrected chi connectivity index (χ3v) is 6.34. The summed E-state index contributed by atoms with van der Waals surface area (Å²) < 4.78 is 24.6. The highest BCUT2D eigenvalue weighted by Crippen LogP contribution is 2.27. The fourth-order valence-electron chi connectivity index (χ4n) is 2.76. The van der Waals surface area contributed by atoms with Gasteiger partial charge in [0.25, 0.3) is 0 Å². The number of hydrogen-bond acceptors (Lipinski definition) is 5. The molecule has 5 nitrogen and oxygen atoms in total. The molecule has 3 rings (SSSR count). The maximum absolute atomic E-state index is 11.5. The number of sulfonamides is 1. The van der Waals surface area contributed by atoms with Gasteiger partial charge in [0.05, 0.1) is 11.9 Å². The molecule has 1 aromatic carbocycles. The van der Waals surface area contributed by atoms with Crippen molar-refractivity contribution in [3.8, 4) is 10.6 Å². The molecule has 1 aliphatic rings. The SMILES string of the molecule is Cc1ccccc1-c1nc(CN2CCN(S(C)(=O)=O)CC2)cs1. The van der Waals surface area contributed by atoms with Gasteiger partial charge < -0.3 is 0 Å². The number of benzene rings is 1. The van der Waals surface area contributed by atoms with Crippen LogP contribution >= 0.6 is 11.3 Å². The number of aromatic nitrogens is 1. The first-order chi connectivity index (χ1) is 10.9. The first-order valence-corrected chi connectivity index (χ1v) is 10.3. The van der Waals surface area contributed by atoms with Crippen LogP contribution in [0.3, 0.4) is 0 Å². The molecule has 0 amide bonds. The van der Waals surface area contributed by atoms with Crippen molar-refractivity contribution >= 4 is 21.4 Å². The molecule has 0 saturated carbocycles. The van der Waals surface area contributed by atoms with Gasteiger partial charge in [0, 0.05) is 43.7 Å². The molecule has 7 heteroatoms. The van der Waals surface area contributed by atoms with Gasteiger partial charge in [-0.25, -0.2) is 13.4 Å². The van der Waals surface area contributed by atoms with Crippen LogP contribution in [0.5, 0.6) is 0 Å². The van der Waals surface area contributed by atoms with E-state index in [9.17, 15) is 8.42 Å². The Balaban J connectivity index is 1.64. The Morgan fingerprint density at radius 2 is 1.87 bits per heavy atom. The molecule has 0 spiro atoms. The quantitative estimate of drug-likeness (QED) is 0.847. The summed E-state index contributed by atoms with van der Waals surface area (Å²) in [5.41, 5.74) is 3.47. The van der Waals surface area contributed by atoms with Crippen LogP contribution in [0.15, 0.2) is 29.6 Å². The van der Waals surface area contributed by atoms with E-state index < -0.39 is 10.0 Å². The van der Waals surface area contributed by atoms with Crippen molar-refractivity contribution < 1.29 is 8.42 Å². The largest absolute Gasteiger partial charge is 0.295 e. The second-order valence-electron chi connectivity index (χ2n) is 5.90. The molecule has 2 heterocycles. The average molecular weight is 351 g/mol. The summed E-state index contributed by atoms with van der Waals surface area (Å²) in [4.78, 5) is 7.01. The lowest BCUT2D eigenvalue weighted by Gasteiger charge is -2.32. The van der Waals surface area contributed by atoms with E-state index in [1.165, 1.54) is 17.4 Å². The Kier molecular flexibility index (Phi) is 4.82. The van der Waals surface area contributed by atoms with Crippen LogP contribution in [0.25, 0.3) is 10.6 Å². The average Bonchev–Trinajstić information content (AvgIpc) is 2.95. The molecule has 1 aromatic heterocycles. The Labute approximate surface area is 141 Å². The Morgan fingerprint density at radius 1 is 1.17 bits per heavy atom. The van der Waals surface area contributed by atoms with Crippen LogP contribution in [-0.2, 0) is 16.6 Å². The number of thiazole rings is 1. The minimum atomic E-state index is -3.07. The van der Waals surface area contributed by atoms with Crippen LogP contribution in [0.4, 0.5) is 0 Å². The number of nitrogens with zero attached hydrogens (tertiary/aromatic N) is 3. The highest BCUT2D eigenvalue weighted by Gasteiger charge is 2.23. The van der Waals surface area contributed by atoms with E-state index in [1.54, 1.807) is 15.6 Å². The van der Waals surface area contributed by atoms with Crippen molar-refractivity contribution in [1.82, 2.24) is 14.2 Å². The monoisotopic (exact) mass is 351 g/mol. The maximum Gasteiger partial charge on any atom is 0.211 e. The predicted molar refractivity (Wildman–Crippen MR) is 94.0 cm³/mol. The summed E-state index contributed by atoms with van der Waals surface area (Å²) >= 11 is 1.67. The highest BCUT2D eigenvalue weighted by molar-refractivity contribution is 7.88. The zero-order valence-corrected chi connectivity index (χ0v) is 15.0.